The van der Waals surface area contributed by atoms with Crippen molar-refractivity contribution in [3.63, 3.8) is 0 Å². The van der Waals surface area contributed by atoms with Crippen LogP contribution in [-0.4, -0.2) is 119 Å². The fraction of sp³-hybridized carbons (Fsp3) is 0. The molecule has 0 bridgehead atoms. The van der Waals surface area contributed by atoms with E-state index in [1.165, 1.54) is 0 Å². The van der Waals surface area contributed by atoms with Gasteiger partial charge in [-0.25, -0.2) is 16.8 Å². The van der Waals surface area contributed by atoms with Crippen molar-refractivity contribution in [3.05, 3.63) is 58.7 Å². The number of aromatic carboxylic acids is 4. The van der Waals surface area contributed by atoms with E-state index in [0.29, 0.717) is 36.4 Å². The van der Waals surface area contributed by atoms with Gasteiger partial charge in [-0.1, -0.05) is 0 Å². The first-order chi connectivity index (χ1) is 14.4. The molecule has 0 aliphatic rings. The standard InChI is InChI=1S/2C8H6O7S.3Mg/c2*9-7(10)4-1-5(8(11)12)3-6(2-4)16(13,14)15;;;/h2*1-3H,(H,9,10)(H,11,12)(H,13,14,15);;;/q;;3*+2/p-6. The van der Waals surface area contributed by atoms with E-state index in [1.807, 2.05) is 0 Å². The van der Waals surface area contributed by atoms with Crippen LogP contribution in [0.25, 0.3) is 0 Å². The van der Waals surface area contributed by atoms with Crippen molar-refractivity contribution in [1.29, 1.82) is 0 Å². The Morgan fingerprint density at radius 3 is 0.743 bits per heavy atom. The Labute approximate surface area is 245 Å². The Kier molecular flexibility index (Phi) is 16.1. The van der Waals surface area contributed by atoms with Crippen molar-refractivity contribution in [2.45, 2.75) is 9.79 Å². The number of carbonyl (C=O) groups is 4. The molecule has 0 aliphatic heterocycles. The van der Waals surface area contributed by atoms with E-state index in [4.69, 9.17) is 0 Å². The molecule has 0 atom stereocenters. The number of carboxylic acid groups (broad SMARTS) is 4. The van der Waals surface area contributed by atoms with Gasteiger partial charge in [0.2, 0.25) is 0 Å². The largest absolute Gasteiger partial charge is 2.00 e. The average Bonchev–Trinajstić information content (AvgIpc) is 2.66. The molecular weight excluding hydrogens is 553 g/mol. The van der Waals surface area contributed by atoms with E-state index in [2.05, 4.69) is 0 Å². The van der Waals surface area contributed by atoms with Crippen LogP contribution in [0.4, 0.5) is 0 Å². The first-order valence-electron chi connectivity index (χ1n) is 7.51. The summed E-state index contributed by atoms with van der Waals surface area (Å²) >= 11 is 0. The summed E-state index contributed by atoms with van der Waals surface area (Å²) in [5.74, 6) is -7.19. The van der Waals surface area contributed by atoms with Crippen LogP contribution < -0.4 is 20.4 Å². The zero-order valence-corrected chi connectivity index (χ0v) is 23.0. The number of carbonyl (C=O) groups excluding carboxylic acids is 4. The normalized spacial score (nSPS) is 10.1. The molecule has 0 fully saturated rings. The van der Waals surface area contributed by atoms with Crippen LogP contribution in [-0.2, 0) is 20.2 Å². The minimum Gasteiger partial charge on any atom is -0.744 e. The first-order valence-corrected chi connectivity index (χ1v) is 10.3. The van der Waals surface area contributed by atoms with Crippen LogP contribution >= 0.6 is 0 Å². The van der Waals surface area contributed by atoms with Gasteiger partial charge in [0.15, 0.2) is 0 Å². The van der Waals surface area contributed by atoms with Gasteiger partial charge < -0.3 is 48.7 Å². The number of rotatable bonds is 6. The van der Waals surface area contributed by atoms with E-state index in [1.54, 1.807) is 0 Å². The minimum atomic E-state index is -4.95. The molecule has 172 valence electrons. The van der Waals surface area contributed by atoms with Crippen LogP contribution in [0.5, 0.6) is 0 Å². The molecule has 0 aromatic heterocycles. The molecule has 0 spiro atoms. The van der Waals surface area contributed by atoms with Gasteiger partial charge in [-0.3, -0.25) is 0 Å². The summed E-state index contributed by atoms with van der Waals surface area (Å²) in [4.78, 5) is 39.8. The van der Waals surface area contributed by atoms with Crippen molar-refractivity contribution in [2.24, 2.45) is 0 Å². The van der Waals surface area contributed by atoms with E-state index >= 15 is 0 Å². The SMILES string of the molecule is O=C([O-])c1cc(C(=O)[O-])cc(S(=O)(=O)[O-])c1.O=C([O-])c1cc(C(=O)[O-])cc(S(=O)(=O)[O-])c1.[Mg+2].[Mg+2].[Mg+2]. The van der Waals surface area contributed by atoms with Gasteiger partial charge in [0.25, 0.3) is 0 Å². The number of carboxylic acids is 4. The summed E-state index contributed by atoms with van der Waals surface area (Å²) in [7, 11) is -9.89. The van der Waals surface area contributed by atoms with Crippen LogP contribution in [0.15, 0.2) is 46.2 Å². The van der Waals surface area contributed by atoms with Crippen molar-refractivity contribution < 1.29 is 65.5 Å². The molecule has 2 rings (SSSR count). The van der Waals surface area contributed by atoms with E-state index in [9.17, 15) is 65.5 Å². The van der Waals surface area contributed by atoms with Gasteiger partial charge in [-0.15, -0.1) is 0 Å². The van der Waals surface area contributed by atoms with Crippen LogP contribution in [0, 0.1) is 0 Å². The predicted octanol–water partition coefficient (Wildman–Crippen LogP) is -6.51. The fourth-order valence-electron chi connectivity index (χ4n) is 1.96. The molecule has 0 heterocycles. The fourth-order valence-corrected chi connectivity index (χ4v) is 3.04. The maximum Gasteiger partial charge on any atom is 2.00 e. The molecule has 0 unspecified atom stereocenters. The minimum absolute atomic E-state index is 0. The number of benzene rings is 2. The maximum absolute atomic E-state index is 10.6. The van der Waals surface area contributed by atoms with Crippen LogP contribution in [0.1, 0.15) is 41.4 Å². The Morgan fingerprint density at radius 2 is 0.629 bits per heavy atom. The summed E-state index contributed by atoms with van der Waals surface area (Å²) < 4.78 is 63.6. The molecule has 2 aromatic rings. The van der Waals surface area contributed by atoms with E-state index in [-0.39, 0.29) is 69.2 Å². The summed E-state index contributed by atoms with van der Waals surface area (Å²) in [6.45, 7) is 0. The molecule has 0 saturated heterocycles. The third-order valence-electron chi connectivity index (χ3n) is 3.33. The molecule has 0 saturated carbocycles. The van der Waals surface area contributed by atoms with Crippen molar-refractivity contribution in [3.8, 4) is 0 Å². The monoisotopic (exact) mass is 558 g/mol. The Bertz CT molecular complexity index is 1170. The molecule has 0 amide bonds. The van der Waals surface area contributed by atoms with Crippen molar-refractivity contribution >= 4 is 113 Å². The Balaban J connectivity index is -0.000000539. The molecule has 0 N–H and O–H groups in total. The quantitative estimate of drug-likeness (QED) is 0.235. The van der Waals surface area contributed by atoms with Gasteiger partial charge in [0, 0.05) is 0 Å². The smallest absolute Gasteiger partial charge is 0.744 e. The topological polar surface area (TPSA) is 275 Å². The summed E-state index contributed by atoms with van der Waals surface area (Å²) in [5.41, 5.74) is -2.90. The van der Waals surface area contributed by atoms with E-state index < -0.39 is 76.2 Å². The van der Waals surface area contributed by atoms with Gasteiger partial charge in [-0.2, -0.15) is 0 Å². The second-order valence-corrected chi connectivity index (χ2v) is 8.31. The molecule has 0 radical (unpaired) electrons. The third kappa shape index (κ3) is 11.8. The van der Waals surface area contributed by atoms with Crippen molar-refractivity contribution in [2.75, 3.05) is 0 Å². The van der Waals surface area contributed by atoms with Gasteiger partial charge >= 0.3 is 69.2 Å². The molecule has 35 heavy (non-hydrogen) atoms. The Hall–Kier alpha value is -1.56. The van der Waals surface area contributed by atoms with E-state index in [0.717, 1.165) is 0 Å². The Morgan fingerprint density at radius 1 is 0.457 bits per heavy atom. The average molecular weight is 559 g/mol. The zero-order valence-electron chi connectivity index (χ0n) is 17.1. The van der Waals surface area contributed by atoms with Gasteiger partial charge in [-0.05, 0) is 58.7 Å². The summed E-state index contributed by atoms with van der Waals surface area (Å²) in [6.07, 6.45) is 0. The first kappa shape index (κ1) is 38.0. The zero-order chi connectivity index (χ0) is 25.0. The second-order valence-electron chi connectivity index (χ2n) is 5.55. The maximum atomic E-state index is 10.6. The molecular formula is C16H6Mg3O14S2. The third-order valence-corrected chi connectivity index (χ3v) is 4.96. The van der Waals surface area contributed by atoms with Gasteiger partial charge in [0.05, 0.1) is 33.7 Å². The predicted molar refractivity (Wildman–Crippen MR) is 103 cm³/mol. The van der Waals surface area contributed by atoms with Gasteiger partial charge in [0.1, 0.15) is 20.2 Å². The molecule has 19 heteroatoms. The number of hydrogen-bond donors (Lipinski definition) is 0. The molecule has 0 aliphatic carbocycles. The summed E-state index contributed by atoms with van der Waals surface area (Å²) in [5, 5.41) is 41.7. The van der Waals surface area contributed by atoms with Crippen LogP contribution in [0.2, 0.25) is 0 Å². The molecule has 14 nitrogen and oxygen atoms in total. The van der Waals surface area contributed by atoms with Crippen LogP contribution in [0.3, 0.4) is 0 Å². The van der Waals surface area contributed by atoms with Crippen molar-refractivity contribution in [1.82, 2.24) is 0 Å². The summed E-state index contributed by atoms with van der Waals surface area (Å²) in [6, 6.07) is 3.35. The second kappa shape index (κ2) is 14.9. The number of hydrogen-bond acceptors (Lipinski definition) is 14. The molecule has 2 aromatic carbocycles.